The summed E-state index contributed by atoms with van der Waals surface area (Å²) in [5, 5.41) is 12.5. The fourth-order valence-electron chi connectivity index (χ4n) is 3.70. The summed E-state index contributed by atoms with van der Waals surface area (Å²) in [5.74, 6) is 4.05. The molecule has 1 amide bonds. The predicted octanol–water partition coefficient (Wildman–Crippen LogP) is 2.87. The monoisotopic (exact) mass is 339 g/mol. The Balaban J connectivity index is 1.28. The van der Waals surface area contributed by atoms with Crippen LogP contribution in [-0.4, -0.2) is 38.8 Å². The van der Waals surface area contributed by atoms with Gasteiger partial charge in [-0.3, -0.25) is 9.48 Å². The zero-order chi connectivity index (χ0) is 17.4. The van der Waals surface area contributed by atoms with E-state index in [4.69, 9.17) is 6.42 Å². The van der Waals surface area contributed by atoms with Crippen LogP contribution in [0.1, 0.15) is 56.4 Å². The van der Waals surface area contributed by atoms with Crippen LogP contribution < -0.4 is 0 Å². The predicted molar refractivity (Wildman–Crippen MR) is 93.7 cm³/mol. The Hall–Kier alpha value is -2.16. The van der Waals surface area contributed by atoms with Gasteiger partial charge in [0.1, 0.15) is 0 Å². The molecule has 0 saturated heterocycles. The van der Waals surface area contributed by atoms with Gasteiger partial charge in [-0.05, 0) is 36.7 Å². The number of aryl methyl sites for hydroxylation is 1. The second-order valence-electron chi connectivity index (χ2n) is 7.71. The van der Waals surface area contributed by atoms with Crippen molar-refractivity contribution in [3.63, 3.8) is 0 Å². The lowest BCUT2D eigenvalue weighted by Crippen LogP contribution is -2.35. The quantitative estimate of drug-likeness (QED) is 0.650. The lowest BCUT2D eigenvalue weighted by molar-refractivity contribution is -0.132. The van der Waals surface area contributed by atoms with E-state index in [0.717, 1.165) is 25.8 Å². The van der Waals surface area contributed by atoms with E-state index in [1.165, 1.54) is 12.0 Å². The highest BCUT2D eigenvalue weighted by Gasteiger charge is 2.45. The van der Waals surface area contributed by atoms with Crippen LogP contribution in [-0.2, 0) is 11.8 Å². The first-order chi connectivity index (χ1) is 12.1. The van der Waals surface area contributed by atoms with E-state index in [0.29, 0.717) is 37.1 Å². The summed E-state index contributed by atoms with van der Waals surface area (Å²) in [4.78, 5) is 14.9. The number of amides is 1. The topological polar surface area (TPSA) is 62.9 Å². The number of carbonyl (C=O) groups excluding carboxylic acids is 1. The molecule has 2 saturated carbocycles. The molecule has 25 heavy (non-hydrogen) atoms. The Bertz CT molecular complexity index is 720. The number of rotatable bonds is 9. The summed E-state index contributed by atoms with van der Waals surface area (Å²) in [6.45, 7) is 0.884. The molecule has 2 heterocycles. The highest BCUT2D eigenvalue weighted by Crippen LogP contribution is 2.49. The third kappa shape index (κ3) is 3.76. The van der Waals surface area contributed by atoms with Gasteiger partial charge in [0.05, 0.1) is 6.20 Å². The van der Waals surface area contributed by atoms with Crippen molar-refractivity contribution in [2.75, 3.05) is 6.54 Å². The standard InChI is InChI=1S/C19H25N5O/c1-3-4-8-19(21-22-19)9-7-18(25)24(16-5-6-16)13-14-10-17(14)15-11-20-23(2)12-15/h1,11-12,14,16-17H,4-10,13H2,2H3/t14-,17+/m0/s1. The van der Waals surface area contributed by atoms with Crippen LogP contribution in [0.5, 0.6) is 0 Å². The van der Waals surface area contributed by atoms with Crippen LogP contribution in [0.2, 0.25) is 0 Å². The van der Waals surface area contributed by atoms with E-state index >= 15 is 0 Å². The van der Waals surface area contributed by atoms with Crippen molar-refractivity contribution in [2.45, 2.75) is 62.6 Å². The minimum atomic E-state index is -0.352. The van der Waals surface area contributed by atoms with Gasteiger partial charge in [0.2, 0.25) is 5.91 Å². The molecule has 4 rings (SSSR count). The number of terminal acetylenes is 1. The number of hydrogen-bond donors (Lipinski definition) is 0. The molecule has 2 atom stereocenters. The van der Waals surface area contributed by atoms with Gasteiger partial charge >= 0.3 is 0 Å². The molecule has 1 aromatic heterocycles. The number of nitrogens with zero attached hydrogens (tertiary/aromatic N) is 5. The Kier molecular flexibility index (Phi) is 4.10. The van der Waals surface area contributed by atoms with E-state index in [1.54, 1.807) is 0 Å². The van der Waals surface area contributed by atoms with E-state index in [-0.39, 0.29) is 11.6 Å². The summed E-state index contributed by atoms with van der Waals surface area (Å²) < 4.78 is 1.85. The van der Waals surface area contributed by atoms with Gasteiger partial charge in [0.15, 0.2) is 5.66 Å². The number of carbonyl (C=O) groups is 1. The fourth-order valence-corrected chi connectivity index (χ4v) is 3.70. The van der Waals surface area contributed by atoms with Crippen molar-refractivity contribution >= 4 is 5.91 Å². The Labute approximate surface area is 148 Å². The van der Waals surface area contributed by atoms with Crippen molar-refractivity contribution in [3.05, 3.63) is 18.0 Å². The zero-order valence-electron chi connectivity index (χ0n) is 14.8. The minimum absolute atomic E-state index is 0.261. The normalized spacial score (nSPS) is 25.4. The molecule has 6 heteroatoms. The molecule has 0 spiro atoms. The summed E-state index contributed by atoms with van der Waals surface area (Å²) in [6, 6.07) is 0.456. The third-order valence-electron chi connectivity index (χ3n) is 5.61. The maximum absolute atomic E-state index is 12.8. The van der Waals surface area contributed by atoms with Gasteiger partial charge in [-0.25, -0.2) is 0 Å². The Morgan fingerprint density at radius 1 is 1.44 bits per heavy atom. The van der Waals surface area contributed by atoms with Gasteiger partial charge in [-0.2, -0.15) is 15.3 Å². The lowest BCUT2D eigenvalue weighted by Gasteiger charge is -2.23. The van der Waals surface area contributed by atoms with E-state index in [1.807, 2.05) is 17.9 Å². The highest BCUT2D eigenvalue weighted by molar-refractivity contribution is 5.77. The molecule has 0 aromatic carbocycles. The Morgan fingerprint density at radius 2 is 2.24 bits per heavy atom. The molecule has 1 aromatic rings. The zero-order valence-corrected chi connectivity index (χ0v) is 14.8. The molecule has 2 fully saturated rings. The number of aromatic nitrogens is 2. The van der Waals surface area contributed by atoms with Crippen molar-refractivity contribution in [2.24, 2.45) is 23.2 Å². The lowest BCUT2D eigenvalue weighted by atomic mass is 10.0. The molecule has 6 nitrogen and oxygen atoms in total. The molecule has 3 aliphatic rings. The molecule has 0 radical (unpaired) electrons. The van der Waals surface area contributed by atoms with Gasteiger partial charge in [0, 0.05) is 51.5 Å². The number of hydrogen-bond acceptors (Lipinski definition) is 4. The first kappa shape index (κ1) is 16.3. The van der Waals surface area contributed by atoms with Crippen molar-refractivity contribution < 1.29 is 4.79 Å². The molecule has 0 N–H and O–H groups in total. The SMILES string of the molecule is C#CCCC1(CCC(=O)N(C[C@@H]2C[C@H]2c2cnn(C)c2)C2CC2)N=N1. The summed E-state index contributed by atoms with van der Waals surface area (Å²) in [5.41, 5.74) is 0.953. The van der Waals surface area contributed by atoms with Crippen LogP contribution in [0.25, 0.3) is 0 Å². The molecular weight excluding hydrogens is 314 g/mol. The summed E-state index contributed by atoms with van der Waals surface area (Å²) in [7, 11) is 1.95. The average molecular weight is 339 g/mol. The molecule has 2 aliphatic carbocycles. The smallest absolute Gasteiger partial charge is 0.222 e. The third-order valence-corrected chi connectivity index (χ3v) is 5.61. The second-order valence-corrected chi connectivity index (χ2v) is 7.71. The van der Waals surface area contributed by atoms with Crippen LogP contribution in [0, 0.1) is 18.3 Å². The minimum Gasteiger partial charge on any atom is -0.339 e. The van der Waals surface area contributed by atoms with Gasteiger partial charge in [-0.15, -0.1) is 12.3 Å². The van der Waals surface area contributed by atoms with Crippen molar-refractivity contribution in [3.8, 4) is 12.3 Å². The first-order valence-electron chi connectivity index (χ1n) is 9.26. The van der Waals surface area contributed by atoms with Crippen LogP contribution in [0.3, 0.4) is 0 Å². The van der Waals surface area contributed by atoms with Gasteiger partial charge < -0.3 is 4.90 Å². The highest BCUT2D eigenvalue weighted by atomic mass is 16.2. The largest absolute Gasteiger partial charge is 0.339 e. The fraction of sp³-hybridized carbons (Fsp3) is 0.684. The van der Waals surface area contributed by atoms with Crippen LogP contribution in [0.4, 0.5) is 0 Å². The van der Waals surface area contributed by atoms with Crippen LogP contribution >= 0.6 is 0 Å². The summed E-state index contributed by atoms with van der Waals surface area (Å²) in [6.07, 6.45) is 15.5. The van der Waals surface area contributed by atoms with E-state index in [9.17, 15) is 4.79 Å². The molecule has 0 bridgehead atoms. The molecule has 1 aliphatic heterocycles. The molecule has 0 unspecified atom stereocenters. The summed E-state index contributed by atoms with van der Waals surface area (Å²) >= 11 is 0. The maximum atomic E-state index is 12.8. The second kappa shape index (κ2) is 6.29. The van der Waals surface area contributed by atoms with Gasteiger partial charge in [-0.1, -0.05) is 0 Å². The van der Waals surface area contributed by atoms with E-state index < -0.39 is 0 Å². The molecule has 132 valence electrons. The van der Waals surface area contributed by atoms with Crippen molar-refractivity contribution in [1.82, 2.24) is 14.7 Å². The van der Waals surface area contributed by atoms with Crippen LogP contribution in [0.15, 0.2) is 22.6 Å². The maximum Gasteiger partial charge on any atom is 0.222 e. The van der Waals surface area contributed by atoms with Crippen molar-refractivity contribution in [1.29, 1.82) is 0 Å². The average Bonchev–Trinajstić information content (AvgIpc) is 3.49. The van der Waals surface area contributed by atoms with E-state index in [2.05, 4.69) is 32.3 Å². The van der Waals surface area contributed by atoms with Gasteiger partial charge in [0.25, 0.3) is 0 Å². The molecular formula is C19H25N5O. The first-order valence-corrected chi connectivity index (χ1v) is 9.26. The Morgan fingerprint density at radius 3 is 2.84 bits per heavy atom.